The molecule has 10 aromatic rings. The molecule has 0 unspecified atom stereocenters. The molecule has 0 atom stereocenters. The van der Waals surface area contributed by atoms with Gasteiger partial charge in [-0.25, -0.2) is 0 Å². The molecule has 2 nitrogen and oxygen atoms in total. The summed E-state index contributed by atoms with van der Waals surface area (Å²) in [5.74, 6) is 0. The van der Waals surface area contributed by atoms with E-state index < -0.39 is 0 Å². The van der Waals surface area contributed by atoms with Crippen molar-refractivity contribution >= 4 is 60.4 Å². The molecule has 1 aromatic heterocycles. The number of anilines is 3. The van der Waals surface area contributed by atoms with Crippen molar-refractivity contribution in [1.82, 2.24) is 4.57 Å². The molecule has 10 rings (SSSR count). The average molecular weight is 663 g/mol. The number of hydrogen-bond acceptors (Lipinski definition) is 1. The highest BCUT2D eigenvalue weighted by Crippen LogP contribution is 2.46. The van der Waals surface area contributed by atoms with Crippen LogP contribution in [0.5, 0.6) is 0 Å². The monoisotopic (exact) mass is 662 g/mol. The topological polar surface area (TPSA) is 8.17 Å². The predicted molar refractivity (Wildman–Crippen MR) is 221 cm³/mol. The van der Waals surface area contributed by atoms with Crippen molar-refractivity contribution in [2.24, 2.45) is 0 Å². The first-order valence-electron chi connectivity index (χ1n) is 17.9. The lowest BCUT2D eigenvalue weighted by Crippen LogP contribution is -2.09. The van der Waals surface area contributed by atoms with E-state index in [4.69, 9.17) is 0 Å². The van der Waals surface area contributed by atoms with E-state index >= 15 is 0 Å². The van der Waals surface area contributed by atoms with Gasteiger partial charge in [-0.15, -0.1) is 0 Å². The lowest BCUT2D eigenvalue weighted by Gasteiger charge is -2.26. The molecule has 52 heavy (non-hydrogen) atoms. The van der Waals surface area contributed by atoms with E-state index in [0.29, 0.717) is 0 Å². The van der Waals surface area contributed by atoms with Crippen LogP contribution in [0.15, 0.2) is 206 Å². The minimum absolute atomic E-state index is 1.11. The summed E-state index contributed by atoms with van der Waals surface area (Å²) in [7, 11) is 0. The minimum Gasteiger partial charge on any atom is -0.310 e. The van der Waals surface area contributed by atoms with Gasteiger partial charge in [-0.1, -0.05) is 152 Å². The van der Waals surface area contributed by atoms with Crippen LogP contribution in [0.3, 0.4) is 0 Å². The van der Waals surface area contributed by atoms with Crippen LogP contribution in [0.2, 0.25) is 0 Å². The molecular weight excluding hydrogens is 629 g/mol. The Morgan fingerprint density at radius 3 is 1.65 bits per heavy atom. The number of nitrogens with zero attached hydrogens (tertiary/aromatic N) is 2. The van der Waals surface area contributed by atoms with Gasteiger partial charge in [-0.3, -0.25) is 0 Å². The quantitative estimate of drug-likeness (QED) is 0.172. The molecule has 0 N–H and O–H groups in total. The number of para-hydroxylation sites is 1. The Morgan fingerprint density at radius 2 is 0.904 bits per heavy atom. The van der Waals surface area contributed by atoms with E-state index in [1.54, 1.807) is 0 Å². The van der Waals surface area contributed by atoms with Crippen LogP contribution in [0.25, 0.3) is 71.3 Å². The van der Waals surface area contributed by atoms with Crippen LogP contribution in [-0.4, -0.2) is 4.57 Å². The summed E-state index contributed by atoms with van der Waals surface area (Å²) in [6, 6.07) is 74.7. The molecule has 0 amide bonds. The summed E-state index contributed by atoms with van der Waals surface area (Å²) in [6.45, 7) is 0. The van der Waals surface area contributed by atoms with Gasteiger partial charge in [0.2, 0.25) is 0 Å². The molecule has 1 heterocycles. The SMILES string of the molecule is c1ccc(-c2ccc(N(c3ccccc3)c3ccc4c(c3)c3c(-c5ccccc5)cc5ccccc5c3n4-c3cccc4ccccc34)cc2)cc1. The number of benzene rings is 9. The Labute approximate surface area is 303 Å². The van der Waals surface area contributed by atoms with Crippen LogP contribution < -0.4 is 4.90 Å². The molecule has 0 bridgehead atoms. The maximum atomic E-state index is 2.51. The number of rotatable bonds is 6. The third kappa shape index (κ3) is 4.96. The second kappa shape index (κ2) is 12.5. The van der Waals surface area contributed by atoms with Gasteiger partial charge >= 0.3 is 0 Å². The molecule has 9 aromatic carbocycles. The first-order chi connectivity index (χ1) is 25.8. The van der Waals surface area contributed by atoms with E-state index in [1.807, 2.05) is 0 Å². The molecule has 0 aliphatic heterocycles. The number of fused-ring (bicyclic) bond motifs is 6. The highest BCUT2D eigenvalue weighted by Gasteiger charge is 2.22. The summed E-state index contributed by atoms with van der Waals surface area (Å²) in [5, 5.41) is 7.38. The van der Waals surface area contributed by atoms with Crippen molar-refractivity contribution in [2.75, 3.05) is 4.90 Å². The zero-order valence-corrected chi connectivity index (χ0v) is 28.5. The fourth-order valence-corrected chi connectivity index (χ4v) is 7.97. The van der Waals surface area contributed by atoms with Gasteiger partial charge in [0.05, 0.1) is 16.7 Å². The van der Waals surface area contributed by atoms with Crippen LogP contribution in [0.4, 0.5) is 17.1 Å². The first kappa shape index (κ1) is 30.0. The molecule has 2 heteroatoms. The normalized spacial score (nSPS) is 11.5. The van der Waals surface area contributed by atoms with Crippen LogP contribution in [0, 0.1) is 0 Å². The van der Waals surface area contributed by atoms with Crippen molar-refractivity contribution in [3.05, 3.63) is 206 Å². The number of hydrogen-bond donors (Lipinski definition) is 0. The van der Waals surface area contributed by atoms with Gasteiger partial charge in [0.1, 0.15) is 0 Å². The van der Waals surface area contributed by atoms with Crippen molar-refractivity contribution in [2.45, 2.75) is 0 Å². The molecule has 0 aliphatic rings. The van der Waals surface area contributed by atoms with E-state index in [9.17, 15) is 0 Å². The van der Waals surface area contributed by atoms with Crippen molar-refractivity contribution < 1.29 is 0 Å². The Balaban J connectivity index is 1.30. The highest BCUT2D eigenvalue weighted by molar-refractivity contribution is 6.25. The van der Waals surface area contributed by atoms with E-state index in [1.165, 1.54) is 71.3 Å². The van der Waals surface area contributed by atoms with E-state index in [2.05, 4.69) is 216 Å². The third-order valence-corrected chi connectivity index (χ3v) is 10.3. The summed E-state index contributed by atoms with van der Waals surface area (Å²) >= 11 is 0. The summed E-state index contributed by atoms with van der Waals surface area (Å²) < 4.78 is 2.51. The third-order valence-electron chi connectivity index (χ3n) is 10.3. The molecule has 0 aliphatic carbocycles. The molecular formula is C50H34N2. The summed E-state index contributed by atoms with van der Waals surface area (Å²) in [5.41, 5.74) is 11.8. The standard InChI is InChI=1S/C50H34N2/c1-4-15-35(16-5-1)36-27-29-41(30-28-36)51(40-22-8-3-9-23-40)42-31-32-48-46(34-42)49-45(38-17-6-2-7-18-38)33-39-20-11-13-25-44(39)50(49)52(48)47-26-14-21-37-19-10-12-24-43(37)47/h1-34H. The molecule has 0 radical (unpaired) electrons. The lowest BCUT2D eigenvalue weighted by molar-refractivity contribution is 1.20. The Bertz CT molecular complexity index is 2870. The van der Waals surface area contributed by atoms with Crippen LogP contribution >= 0.6 is 0 Å². The predicted octanol–water partition coefficient (Wildman–Crippen LogP) is 13.9. The second-order valence-corrected chi connectivity index (χ2v) is 13.4. The smallest absolute Gasteiger partial charge is 0.0625 e. The van der Waals surface area contributed by atoms with Gasteiger partial charge in [-0.2, -0.15) is 0 Å². The molecule has 0 saturated heterocycles. The maximum Gasteiger partial charge on any atom is 0.0625 e. The lowest BCUT2D eigenvalue weighted by atomic mass is 9.95. The zero-order valence-electron chi connectivity index (χ0n) is 28.5. The first-order valence-corrected chi connectivity index (χ1v) is 17.9. The molecule has 244 valence electrons. The van der Waals surface area contributed by atoms with E-state index in [-0.39, 0.29) is 0 Å². The van der Waals surface area contributed by atoms with E-state index in [0.717, 1.165) is 17.1 Å². The van der Waals surface area contributed by atoms with Gasteiger partial charge < -0.3 is 9.47 Å². The van der Waals surface area contributed by atoms with Gasteiger partial charge in [-0.05, 0) is 87.6 Å². The van der Waals surface area contributed by atoms with Crippen molar-refractivity contribution in [3.8, 4) is 27.9 Å². The fourth-order valence-electron chi connectivity index (χ4n) is 7.97. The Morgan fingerprint density at radius 1 is 0.346 bits per heavy atom. The molecule has 0 saturated carbocycles. The van der Waals surface area contributed by atoms with Crippen molar-refractivity contribution in [3.63, 3.8) is 0 Å². The summed E-state index contributed by atoms with van der Waals surface area (Å²) in [6.07, 6.45) is 0. The minimum atomic E-state index is 1.11. The molecule has 0 spiro atoms. The largest absolute Gasteiger partial charge is 0.310 e. The maximum absolute atomic E-state index is 2.51. The highest BCUT2D eigenvalue weighted by atomic mass is 15.1. The van der Waals surface area contributed by atoms with Gasteiger partial charge in [0.25, 0.3) is 0 Å². The Hall–Kier alpha value is -6.90. The van der Waals surface area contributed by atoms with Gasteiger partial charge in [0, 0.05) is 38.6 Å². The van der Waals surface area contributed by atoms with Gasteiger partial charge in [0.15, 0.2) is 0 Å². The fraction of sp³-hybridized carbons (Fsp3) is 0. The summed E-state index contributed by atoms with van der Waals surface area (Å²) in [4.78, 5) is 2.37. The number of aromatic nitrogens is 1. The zero-order chi connectivity index (χ0) is 34.4. The van der Waals surface area contributed by atoms with Crippen LogP contribution in [0.1, 0.15) is 0 Å². The van der Waals surface area contributed by atoms with Crippen LogP contribution in [-0.2, 0) is 0 Å². The Kier molecular flexibility index (Phi) is 7.18. The molecule has 0 fully saturated rings. The second-order valence-electron chi connectivity index (χ2n) is 13.4. The average Bonchev–Trinajstić information content (AvgIpc) is 3.56. The van der Waals surface area contributed by atoms with Crippen molar-refractivity contribution in [1.29, 1.82) is 0 Å².